The van der Waals surface area contributed by atoms with Crippen LogP contribution in [0.3, 0.4) is 0 Å². The summed E-state index contributed by atoms with van der Waals surface area (Å²) in [7, 11) is 1.78. The van der Waals surface area contributed by atoms with Gasteiger partial charge in [-0.25, -0.2) is 4.39 Å². The summed E-state index contributed by atoms with van der Waals surface area (Å²) in [6.07, 6.45) is 6.69. The highest BCUT2D eigenvalue weighted by molar-refractivity contribution is 5.80. The van der Waals surface area contributed by atoms with Gasteiger partial charge in [0.2, 0.25) is 0 Å². The summed E-state index contributed by atoms with van der Waals surface area (Å²) >= 11 is 0. The molecule has 2 aromatic heterocycles. The minimum absolute atomic E-state index is 0. The average Bonchev–Trinajstić information content (AvgIpc) is 3.58. The molecule has 3 aliphatic heterocycles. The smallest absolute Gasteiger partial charge is 0.251 e. The highest BCUT2D eigenvalue weighted by Gasteiger charge is 2.29. The van der Waals surface area contributed by atoms with Gasteiger partial charge in [-0.2, -0.15) is 5.26 Å². The van der Waals surface area contributed by atoms with Crippen LogP contribution in [-0.4, -0.2) is 53.9 Å². The predicted octanol–water partition coefficient (Wildman–Crippen LogP) is 3.72. The molecule has 0 aliphatic carbocycles. The molecular weight excluding hydrogens is 485 g/mol. The summed E-state index contributed by atoms with van der Waals surface area (Å²) in [6.45, 7) is 4.80. The molecule has 38 heavy (non-hydrogen) atoms. The van der Waals surface area contributed by atoms with Crippen LogP contribution in [0.2, 0.25) is 0 Å². The molecule has 2 atom stereocenters. The first-order valence-corrected chi connectivity index (χ1v) is 13.3. The van der Waals surface area contributed by atoms with Gasteiger partial charge in [0.1, 0.15) is 17.6 Å². The number of nitriles is 1. The van der Waals surface area contributed by atoms with Gasteiger partial charge in [-0.1, -0.05) is 6.07 Å². The van der Waals surface area contributed by atoms with E-state index in [0.29, 0.717) is 48.0 Å². The molecule has 0 bridgehead atoms. The number of aromatic nitrogens is 2. The van der Waals surface area contributed by atoms with Crippen molar-refractivity contribution in [3.05, 3.63) is 68.9 Å². The van der Waals surface area contributed by atoms with Crippen LogP contribution in [0.15, 0.2) is 35.3 Å². The normalized spacial score (nSPS) is 19.9. The van der Waals surface area contributed by atoms with E-state index in [9.17, 15) is 9.18 Å². The first kappa shape index (κ1) is 26.3. The van der Waals surface area contributed by atoms with E-state index in [1.165, 1.54) is 18.7 Å². The number of rotatable bonds is 6. The molecular formula is C29H36FN5O3. The standard InChI is InChI=1S/C19H24FN3O2.C10H10N2O.H2/c1-25-14-5-3-9-22(12-14)8-2-4-13-11-23-17(24)7-6-16-19(23)18(13)15(20)10-21-16;11-5-7-3-8-1-2-13-10(8)9(4-7)6-12;/h6-7,10,13-14H,2-5,8-9,11-12H2,1H3;3-4H,1-2,5,11H2;1H/t13?,14-;;/m0../s1. The SMILES string of the molecule is CO[C@H]1CCCN(CCCC2Cn3c(=O)ccc4ncc(F)c2c43)C1.N#Cc1cc(CN)cc2c1OCC2.[HH]. The first-order chi connectivity index (χ1) is 18.5. The number of nitrogens with two attached hydrogens (primary N) is 1. The van der Waals surface area contributed by atoms with Crippen molar-refractivity contribution >= 4 is 11.0 Å². The fraction of sp³-hybridized carbons (Fsp3) is 0.483. The van der Waals surface area contributed by atoms with Gasteiger partial charge < -0.3 is 24.7 Å². The molecule has 1 saturated heterocycles. The third-order valence-corrected chi connectivity index (χ3v) is 7.83. The van der Waals surface area contributed by atoms with E-state index >= 15 is 0 Å². The Morgan fingerprint density at radius 1 is 1.34 bits per heavy atom. The molecule has 1 unspecified atom stereocenters. The lowest BCUT2D eigenvalue weighted by Crippen LogP contribution is -2.39. The number of hydrogen-bond acceptors (Lipinski definition) is 7. The molecule has 3 aromatic rings. The largest absolute Gasteiger partial charge is 0.492 e. The summed E-state index contributed by atoms with van der Waals surface area (Å²) in [6, 6.07) is 9.15. The van der Waals surface area contributed by atoms with Crippen molar-refractivity contribution in [3.63, 3.8) is 0 Å². The lowest BCUT2D eigenvalue weighted by Gasteiger charge is -2.32. The van der Waals surface area contributed by atoms with E-state index in [0.717, 1.165) is 62.2 Å². The molecule has 6 rings (SSSR count). The van der Waals surface area contributed by atoms with E-state index in [4.69, 9.17) is 20.5 Å². The highest BCUT2D eigenvalue weighted by atomic mass is 19.1. The van der Waals surface area contributed by atoms with Crippen LogP contribution in [0.4, 0.5) is 4.39 Å². The maximum atomic E-state index is 14.4. The van der Waals surface area contributed by atoms with Gasteiger partial charge in [-0.3, -0.25) is 9.78 Å². The molecule has 1 fully saturated rings. The van der Waals surface area contributed by atoms with E-state index in [2.05, 4.69) is 16.0 Å². The van der Waals surface area contributed by atoms with Crippen molar-refractivity contribution in [2.75, 3.05) is 33.4 Å². The molecule has 2 N–H and O–H groups in total. The molecule has 8 nitrogen and oxygen atoms in total. The Labute approximate surface area is 223 Å². The second kappa shape index (κ2) is 11.6. The van der Waals surface area contributed by atoms with Crippen molar-refractivity contribution in [1.82, 2.24) is 14.5 Å². The van der Waals surface area contributed by atoms with E-state index in [1.807, 2.05) is 6.07 Å². The number of hydrogen-bond donors (Lipinski definition) is 1. The third kappa shape index (κ3) is 5.30. The van der Waals surface area contributed by atoms with Crippen molar-refractivity contribution < 1.29 is 15.3 Å². The first-order valence-electron chi connectivity index (χ1n) is 13.3. The summed E-state index contributed by atoms with van der Waals surface area (Å²) in [5.74, 6) is 0.523. The van der Waals surface area contributed by atoms with Crippen LogP contribution in [0.1, 0.15) is 55.3 Å². The van der Waals surface area contributed by atoms with E-state index in [-0.39, 0.29) is 18.7 Å². The van der Waals surface area contributed by atoms with Crippen molar-refractivity contribution in [1.29, 1.82) is 5.26 Å². The van der Waals surface area contributed by atoms with Gasteiger partial charge in [-0.15, -0.1) is 0 Å². The van der Waals surface area contributed by atoms with Crippen LogP contribution >= 0.6 is 0 Å². The molecule has 0 amide bonds. The zero-order valence-electron chi connectivity index (χ0n) is 21.8. The molecule has 202 valence electrons. The maximum absolute atomic E-state index is 14.4. The van der Waals surface area contributed by atoms with Crippen LogP contribution in [0, 0.1) is 17.1 Å². The number of benzene rings is 1. The zero-order chi connectivity index (χ0) is 26.6. The maximum Gasteiger partial charge on any atom is 0.251 e. The predicted molar refractivity (Wildman–Crippen MR) is 145 cm³/mol. The number of likely N-dealkylation sites (tertiary alicyclic amines) is 1. The number of methoxy groups -OCH3 is 1. The number of pyridine rings is 2. The van der Waals surface area contributed by atoms with Crippen LogP contribution in [0.5, 0.6) is 5.75 Å². The second-order valence-electron chi connectivity index (χ2n) is 10.2. The van der Waals surface area contributed by atoms with Gasteiger partial charge in [-0.05, 0) is 62.0 Å². The Morgan fingerprint density at radius 2 is 2.21 bits per heavy atom. The molecule has 3 aliphatic rings. The Bertz CT molecular complexity index is 1420. The van der Waals surface area contributed by atoms with Crippen LogP contribution in [-0.2, 0) is 24.2 Å². The van der Waals surface area contributed by atoms with Crippen molar-refractivity contribution in [2.24, 2.45) is 5.73 Å². The number of piperidine rings is 1. The monoisotopic (exact) mass is 521 g/mol. The van der Waals surface area contributed by atoms with Crippen molar-refractivity contribution in [3.8, 4) is 11.8 Å². The molecule has 1 aromatic carbocycles. The summed E-state index contributed by atoms with van der Waals surface area (Å²) < 4.78 is 26.9. The Kier molecular flexibility index (Phi) is 8.03. The van der Waals surface area contributed by atoms with Crippen LogP contribution in [0.25, 0.3) is 11.0 Å². The van der Waals surface area contributed by atoms with Crippen molar-refractivity contribution in [2.45, 2.75) is 57.2 Å². The minimum atomic E-state index is -0.285. The fourth-order valence-electron chi connectivity index (χ4n) is 5.93. The molecule has 5 heterocycles. The number of fused-ring (bicyclic) bond motifs is 1. The molecule has 0 radical (unpaired) electrons. The Hall–Kier alpha value is -3.32. The number of nitrogens with zero attached hydrogens (tertiary/aromatic N) is 4. The number of halogens is 1. The van der Waals surface area contributed by atoms with Gasteiger partial charge in [0.25, 0.3) is 5.56 Å². The topological polar surface area (TPSA) is 106 Å². The summed E-state index contributed by atoms with van der Waals surface area (Å²) in [4.78, 5) is 18.7. The van der Waals surface area contributed by atoms with Gasteiger partial charge in [0.05, 0.1) is 35.5 Å². The van der Waals surface area contributed by atoms with Gasteiger partial charge >= 0.3 is 0 Å². The van der Waals surface area contributed by atoms with Gasteiger partial charge in [0.15, 0.2) is 0 Å². The number of ether oxygens (including phenoxy) is 2. The Morgan fingerprint density at radius 3 is 3.00 bits per heavy atom. The molecule has 9 heteroatoms. The minimum Gasteiger partial charge on any atom is -0.492 e. The highest BCUT2D eigenvalue weighted by Crippen LogP contribution is 2.36. The molecule has 0 saturated carbocycles. The average molecular weight is 522 g/mol. The van der Waals surface area contributed by atoms with E-state index < -0.39 is 0 Å². The lowest BCUT2D eigenvalue weighted by atomic mass is 9.95. The fourth-order valence-corrected chi connectivity index (χ4v) is 5.93. The second-order valence-corrected chi connectivity index (χ2v) is 10.2. The zero-order valence-corrected chi connectivity index (χ0v) is 21.8. The Balaban J connectivity index is 0.000000213. The van der Waals surface area contributed by atoms with Crippen LogP contribution < -0.4 is 16.0 Å². The lowest BCUT2D eigenvalue weighted by molar-refractivity contribution is 0.0307. The quantitative estimate of drug-likeness (QED) is 0.527. The summed E-state index contributed by atoms with van der Waals surface area (Å²) in [5, 5.41) is 8.85. The van der Waals surface area contributed by atoms with E-state index in [1.54, 1.807) is 23.8 Å². The summed E-state index contributed by atoms with van der Waals surface area (Å²) in [5.41, 5.74) is 10.2. The van der Waals surface area contributed by atoms with Gasteiger partial charge in [0, 0.05) is 52.1 Å². The third-order valence-electron chi connectivity index (χ3n) is 7.83. The molecule has 0 spiro atoms.